The number of nitrogens with zero attached hydrogens (tertiary/aromatic N) is 1. The standard InChI is InChI=1S/C16H24N2O/c1-19-13-9-10-18(11-13)15-8-4-6-12-5-2-3-7-14(12)16(15)17/h2-3,5,7,13,15-16H,4,6,8-11,17H2,1H3. The van der Waals surface area contributed by atoms with Crippen molar-refractivity contribution < 1.29 is 4.74 Å². The van der Waals surface area contributed by atoms with Crippen LogP contribution in [0.15, 0.2) is 24.3 Å². The molecule has 19 heavy (non-hydrogen) atoms. The van der Waals surface area contributed by atoms with E-state index in [9.17, 15) is 0 Å². The van der Waals surface area contributed by atoms with Gasteiger partial charge in [-0.3, -0.25) is 4.90 Å². The topological polar surface area (TPSA) is 38.5 Å². The number of rotatable bonds is 2. The Morgan fingerprint density at radius 1 is 1.26 bits per heavy atom. The van der Waals surface area contributed by atoms with Gasteiger partial charge in [-0.15, -0.1) is 0 Å². The van der Waals surface area contributed by atoms with Gasteiger partial charge in [0.15, 0.2) is 0 Å². The van der Waals surface area contributed by atoms with Gasteiger partial charge in [0.05, 0.1) is 6.10 Å². The molecular weight excluding hydrogens is 236 g/mol. The van der Waals surface area contributed by atoms with Gasteiger partial charge in [0, 0.05) is 32.3 Å². The summed E-state index contributed by atoms with van der Waals surface area (Å²) in [5.41, 5.74) is 9.37. The lowest BCUT2D eigenvalue weighted by Crippen LogP contribution is -2.41. The predicted octanol–water partition coefficient (Wildman–Crippen LogP) is 2.11. The zero-order chi connectivity index (χ0) is 13.2. The van der Waals surface area contributed by atoms with Crippen molar-refractivity contribution in [3.63, 3.8) is 0 Å². The van der Waals surface area contributed by atoms with E-state index < -0.39 is 0 Å². The summed E-state index contributed by atoms with van der Waals surface area (Å²) in [6.07, 6.45) is 5.14. The van der Waals surface area contributed by atoms with Crippen LogP contribution < -0.4 is 5.73 Å². The van der Waals surface area contributed by atoms with Gasteiger partial charge < -0.3 is 10.5 Å². The average molecular weight is 260 g/mol. The maximum atomic E-state index is 6.57. The van der Waals surface area contributed by atoms with Crippen molar-refractivity contribution in [1.29, 1.82) is 0 Å². The molecule has 104 valence electrons. The van der Waals surface area contributed by atoms with Gasteiger partial charge in [-0.2, -0.15) is 0 Å². The van der Waals surface area contributed by atoms with Gasteiger partial charge in [0.1, 0.15) is 0 Å². The second-order valence-corrected chi connectivity index (χ2v) is 5.83. The van der Waals surface area contributed by atoms with Crippen LogP contribution in [0.1, 0.15) is 36.4 Å². The van der Waals surface area contributed by atoms with Crippen molar-refractivity contribution in [3.05, 3.63) is 35.4 Å². The molecule has 0 saturated carbocycles. The fourth-order valence-corrected chi connectivity index (χ4v) is 3.63. The number of aryl methyl sites for hydroxylation is 1. The van der Waals surface area contributed by atoms with Crippen molar-refractivity contribution in [3.8, 4) is 0 Å². The van der Waals surface area contributed by atoms with E-state index in [-0.39, 0.29) is 6.04 Å². The first-order valence-electron chi connectivity index (χ1n) is 7.40. The molecule has 0 spiro atoms. The number of ether oxygens (including phenoxy) is 1. The number of fused-ring (bicyclic) bond motifs is 1. The van der Waals surface area contributed by atoms with Crippen molar-refractivity contribution in [2.75, 3.05) is 20.2 Å². The molecule has 1 saturated heterocycles. The highest BCUT2D eigenvalue weighted by Gasteiger charge is 2.33. The molecule has 1 fully saturated rings. The van der Waals surface area contributed by atoms with Crippen LogP contribution in [0.25, 0.3) is 0 Å². The summed E-state index contributed by atoms with van der Waals surface area (Å²) >= 11 is 0. The molecule has 1 heterocycles. The highest BCUT2D eigenvalue weighted by atomic mass is 16.5. The number of likely N-dealkylation sites (tertiary alicyclic amines) is 1. The zero-order valence-corrected chi connectivity index (χ0v) is 11.7. The van der Waals surface area contributed by atoms with Crippen LogP contribution in [0.2, 0.25) is 0 Å². The van der Waals surface area contributed by atoms with Gasteiger partial charge in [-0.05, 0) is 36.8 Å². The molecule has 1 aliphatic heterocycles. The Bertz CT molecular complexity index is 435. The summed E-state index contributed by atoms with van der Waals surface area (Å²) in [7, 11) is 1.82. The Labute approximate surface area is 115 Å². The first kappa shape index (κ1) is 13.1. The molecule has 1 aromatic carbocycles. The molecule has 2 N–H and O–H groups in total. The number of hydrogen-bond acceptors (Lipinski definition) is 3. The van der Waals surface area contributed by atoms with Crippen LogP contribution in [-0.2, 0) is 11.2 Å². The van der Waals surface area contributed by atoms with E-state index in [1.807, 2.05) is 7.11 Å². The average Bonchev–Trinajstić information content (AvgIpc) is 2.85. The Balaban J connectivity index is 1.80. The summed E-state index contributed by atoms with van der Waals surface area (Å²) in [6.45, 7) is 2.16. The molecule has 3 rings (SSSR count). The molecule has 0 bridgehead atoms. The Morgan fingerprint density at radius 2 is 2.11 bits per heavy atom. The van der Waals surface area contributed by atoms with Crippen molar-refractivity contribution >= 4 is 0 Å². The smallest absolute Gasteiger partial charge is 0.0710 e. The fraction of sp³-hybridized carbons (Fsp3) is 0.625. The van der Waals surface area contributed by atoms with Crippen LogP contribution in [0.5, 0.6) is 0 Å². The maximum absolute atomic E-state index is 6.57. The largest absolute Gasteiger partial charge is 0.380 e. The molecule has 3 unspecified atom stereocenters. The van der Waals surface area contributed by atoms with E-state index in [1.165, 1.54) is 30.4 Å². The number of nitrogens with two attached hydrogens (primary N) is 1. The highest BCUT2D eigenvalue weighted by Crippen LogP contribution is 2.32. The van der Waals surface area contributed by atoms with E-state index in [0.29, 0.717) is 12.1 Å². The van der Waals surface area contributed by atoms with Gasteiger partial charge in [-0.1, -0.05) is 24.3 Å². The molecular formula is C16H24N2O. The Hall–Kier alpha value is -0.900. The molecule has 3 atom stereocenters. The lowest BCUT2D eigenvalue weighted by atomic mass is 9.96. The summed E-state index contributed by atoms with van der Waals surface area (Å²) in [5, 5.41) is 0. The van der Waals surface area contributed by atoms with E-state index in [1.54, 1.807) is 0 Å². The van der Waals surface area contributed by atoms with Gasteiger partial charge in [-0.25, -0.2) is 0 Å². The van der Waals surface area contributed by atoms with E-state index in [0.717, 1.165) is 19.5 Å². The van der Waals surface area contributed by atoms with Crippen LogP contribution in [0.4, 0.5) is 0 Å². The van der Waals surface area contributed by atoms with Crippen LogP contribution >= 0.6 is 0 Å². The second kappa shape index (κ2) is 5.61. The third-order valence-electron chi connectivity index (χ3n) is 4.75. The third-order valence-corrected chi connectivity index (χ3v) is 4.75. The third kappa shape index (κ3) is 2.55. The molecule has 3 nitrogen and oxygen atoms in total. The van der Waals surface area contributed by atoms with E-state index >= 15 is 0 Å². The first-order chi connectivity index (χ1) is 9.29. The molecule has 3 heteroatoms. The minimum atomic E-state index is 0.148. The Morgan fingerprint density at radius 3 is 2.89 bits per heavy atom. The molecule has 0 amide bonds. The maximum Gasteiger partial charge on any atom is 0.0710 e. The highest BCUT2D eigenvalue weighted by molar-refractivity contribution is 5.32. The van der Waals surface area contributed by atoms with E-state index in [2.05, 4.69) is 29.2 Å². The summed E-state index contributed by atoms with van der Waals surface area (Å²) in [6, 6.07) is 9.31. The number of benzene rings is 1. The molecule has 2 aliphatic rings. The van der Waals surface area contributed by atoms with Crippen LogP contribution in [0.3, 0.4) is 0 Å². The van der Waals surface area contributed by atoms with Gasteiger partial charge >= 0.3 is 0 Å². The predicted molar refractivity (Wildman–Crippen MR) is 77.1 cm³/mol. The summed E-state index contributed by atoms with van der Waals surface area (Å²) in [5.74, 6) is 0. The first-order valence-corrected chi connectivity index (χ1v) is 7.40. The van der Waals surface area contributed by atoms with Gasteiger partial charge in [0.2, 0.25) is 0 Å². The molecule has 1 aromatic rings. The fourth-order valence-electron chi connectivity index (χ4n) is 3.63. The number of hydrogen-bond donors (Lipinski definition) is 1. The summed E-state index contributed by atoms with van der Waals surface area (Å²) in [4.78, 5) is 2.54. The van der Waals surface area contributed by atoms with Crippen LogP contribution in [0, 0.1) is 0 Å². The Kier molecular flexibility index (Phi) is 3.87. The van der Waals surface area contributed by atoms with E-state index in [4.69, 9.17) is 10.5 Å². The quantitative estimate of drug-likeness (QED) is 0.828. The lowest BCUT2D eigenvalue weighted by molar-refractivity contribution is 0.0961. The SMILES string of the molecule is COC1CCN(C2CCCc3ccccc3C2N)C1. The molecule has 1 aliphatic carbocycles. The van der Waals surface area contributed by atoms with Crippen molar-refractivity contribution in [2.45, 2.75) is 43.9 Å². The van der Waals surface area contributed by atoms with Crippen LogP contribution in [-0.4, -0.2) is 37.2 Å². The van der Waals surface area contributed by atoms with Gasteiger partial charge in [0.25, 0.3) is 0 Å². The van der Waals surface area contributed by atoms with Crippen molar-refractivity contribution in [1.82, 2.24) is 4.90 Å². The molecule has 0 aromatic heterocycles. The second-order valence-electron chi connectivity index (χ2n) is 5.83. The minimum absolute atomic E-state index is 0.148. The summed E-state index contributed by atoms with van der Waals surface area (Å²) < 4.78 is 5.49. The monoisotopic (exact) mass is 260 g/mol. The minimum Gasteiger partial charge on any atom is -0.380 e. The van der Waals surface area contributed by atoms with Crippen molar-refractivity contribution in [2.24, 2.45) is 5.73 Å². The normalized spacial score (nSPS) is 32.0. The zero-order valence-electron chi connectivity index (χ0n) is 11.7. The lowest BCUT2D eigenvalue weighted by Gasteiger charge is -2.32. The number of methoxy groups -OCH3 is 1. The molecule has 0 radical (unpaired) electrons.